The second-order valence-electron chi connectivity index (χ2n) is 5.15. The third-order valence-corrected chi connectivity index (χ3v) is 4.34. The third kappa shape index (κ3) is 2.68. The van der Waals surface area contributed by atoms with Crippen molar-refractivity contribution in [1.82, 2.24) is 24.7 Å². The van der Waals surface area contributed by atoms with Crippen LogP contribution in [0.3, 0.4) is 0 Å². The van der Waals surface area contributed by atoms with Crippen LogP contribution in [0.15, 0.2) is 5.38 Å². The lowest BCUT2D eigenvalue weighted by Crippen LogP contribution is -2.08. The fraction of sp³-hybridized carbons (Fsp3) is 0.467. The third-order valence-electron chi connectivity index (χ3n) is 3.52. The number of aromatic nitrogens is 5. The summed E-state index contributed by atoms with van der Waals surface area (Å²) in [5, 5.41) is 11.1. The lowest BCUT2D eigenvalue weighted by Gasteiger charge is -2.09. The molecule has 3 rings (SSSR count). The summed E-state index contributed by atoms with van der Waals surface area (Å²) in [6.07, 6.45) is 0.803. The van der Waals surface area contributed by atoms with Crippen LogP contribution >= 0.6 is 11.3 Å². The maximum atomic E-state index is 4.66. The van der Waals surface area contributed by atoms with E-state index >= 15 is 0 Å². The highest BCUT2D eigenvalue weighted by Crippen LogP contribution is 2.24. The Morgan fingerprint density at radius 1 is 1.18 bits per heavy atom. The van der Waals surface area contributed by atoms with Crippen molar-refractivity contribution in [3.05, 3.63) is 27.6 Å². The van der Waals surface area contributed by atoms with E-state index in [2.05, 4.69) is 44.6 Å². The highest BCUT2D eigenvalue weighted by Gasteiger charge is 2.15. The summed E-state index contributed by atoms with van der Waals surface area (Å²) < 4.78 is 1.96. The average molecular weight is 316 g/mol. The van der Waals surface area contributed by atoms with Crippen LogP contribution in [0.4, 0.5) is 5.82 Å². The minimum atomic E-state index is 0.660. The van der Waals surface area contributed by atoms with E-state index in [1.165, 1.54) is 0 Å². The number of hydrogen-bond acceptors (Lipinski definition) is 6. The van der Waals surface area contributed by atoms with Crippen molar-refractivity contribution in [3.63, 3.8) is 0 Å². The molecule has 6 nitrogen and oxygen atoms in total. The molecule has 0 unspecified atom stereocenters. The number of aryl methyl sites for hydroxylation is 4. The largest absolute Gasteiger partial charge is 0.362 e. The van der Waals surface area contributed by atoms with Crippen molar-refractivity contribution in [3.8, 4) is 0 Å². The monoisotopic (exact) mass is 316 g/mol. The Hall–Kier alpha value is -2.02. The number of fused-ring (bicyclic) bond motifs is 1. The second kappa shape index (κ2) is 6.00. The molecule has 0 aliphatic carbocycles. The number of rotatable bonds is 5. The Balaban J connectivity index is 2.02. The summed E-state index contributed by atoms with van der Waals surface area (Å²) in [5.74, 6) is 1.68. The zero-order chi connectivity index (χ0) is 15.7. The molecule has 0 radical (unpaired) electrons. The SMILES string of the molecule is CCc1nc(NCc2csc(C)n2)c2c(n1)c(C)nn2CC. The van der Waals surface area contributed by atoms with Gasteiger partial charge in [-0.25, -0.2) is 15.0 Å². The predicted molar refractivity (Wildman–Crippen MR) is 89.3 cm³/mol. The van der Waals surface area contributed by atoms with E-state index in [4.69, 9.17) is 0 Å². The van der Waals surface area contributed by atoms with Gasteiger partial charge in [-0.1, -0.05) is 6.92 Å². The molecular formula is C15H20N6S. The van der Waals surface area contributed by atoms with Crippen molar-refractivity contribution in [2.75, 3.05) is 5.32 Å². The highest BCUT2D eigenvalue weighted by atomic mass is 32.1. The predicted octanol–water partition coefficient (Wildman–Crippen LogP) is 3.09. The summed E-state index contributed by atoms with van der Waals surface area (Å²) in [4.78, 5) is 13.8. The molecule has 0 saturated heterocycles. The molecule has 0 spiro atoms. The maximum Gasteiger partial charge on any atom is 0.156 e. The summed E-state index contributed by atoms with van der Waals surface area (Å²) in [6.45, 7) is 9.61. The normalized spacial score (nSPS) is 11.3. The van der Waals surface area contributed by atoms with Gasteiger partial charge < -0.3 is 5.32 Å². The van der Waals surface area contributed by atoms with Gasteiger partial charge >= 0.3 is 0 Å². The van der Waals surface area contributed by atoms with Gasteiger partial charge in [0.25, 0.3) is 0 Å². The van der Waals surface area contributed by atoms with Crippen LogP contribution < -0.4 is 5.32 Å². The van der Waals surface area contributed by atoms with Crippen LogP contribution in [-0.4, -0.2) is 24.7 Å². The van der Waals surface area contributed by atoms with Crippen LogP contribution in [0.5, 0.6) is 0 Å². The molecule has 0 aromatic carbocycles. The number of nitrogens with zero attached hydrogens (tertiary/aromatic N) is 5. The van der Waals surface area contributed by atoms with Crippen LogP contribution in [0.2, 0.25) is 0 Å². The van der Waals surface area contributed by atoms with Crippen molar-refractivity contribution in [1.29, 1.82) is 0 Å². The summed E-state index contributed by atoms with van der Waals surface area (Å²) in [7, 11) is 0. The maximum absolute atomic E-state index is 4.66. The van der Waals surface area contributed by atoms with Gasteiger partial charge in [0.2, 0.25) is 0 Å². The molecule has 0 amide bonds. The fourth-order valence-electron chi connectivity index (χ4n) is 2.45. The first-order valence-corrected chi connectivity index (χ1v) is 8.39. The number of hydrogen-bond donors (Lipinski definition) is 1. The molecule has 1 N–H and O–H groups in total. The molecular weight excluding hydrogens is 296 g/mol. The molecule has 0 aliphatic heterocycles. The zero-order valence-corrected chi connectivity index (χ0v) is 14.2. The Kier molecular flexibility index (Phi) is 4.06. The number of anilines is 1. The van der Waals surface area contributed by atoms with Gasteiger partial charge in [-0.2, -0.15) is 5.10 Å². The van der Waals surface area contributed by atoms with E-state index in [9.17, 15) is 0 Å². The molecule has 0 bridgehead atoms. The van der Waals surface area contributed by atoms with E-state index < -0.39 is 0 Å². The van der Waals surface area contributed by atoms with Crippen LogP contribution in [0.1, 0.15) is 36.1 Å². The number of thiazole rings is 1. The zero-order valence-electron chi connectivity index (χ0n) is 13.3. The quantitative estimate of drug-likeness (QED) is 0.783. The Morgan fingerprint density at radius 2 is 2.00 bits per heavy atom. The molecule has 116 valence electrons. The number of nitrogens with one attached hydrogen (secondary N) is 1. The minimum Gasteiger partial charge on any atom is -0.362 e. The van der Waals surface area contributed by atoms with Gasteiger partial charge in [-0.3, -0.25) is 4.68 Å². The molecule has 3 aromatic rings. The fourth-order valence-corrected chi connectivity index (χ4v) is 3.06. The van der Waals surface area contributed by atoms with Crippen molar-refractivity contribution in [2.24, 2.45) is 0 Å². The van der Waals surface area contributed by atoms with Crippen molar-refractivity contribution < 1.29 is 0 Å². The van der Waals surface area contributed by atoms with Gasteiger partial charge in [-0.05, 0) is 20.8 Å². The summed E-state index contributed by atoms with van der Waals surface area (Å²) in [5.41, 5.74) is 3.89. The van der Waals surface area contributed by atoms with Crippen LogP contribution in [0.25, 0.3) is 11.0 Å². The first-order chi connectivity index (χ1) is 10.6. The van der Waals surface area contributed by atoms with Gasteiger partial charge in [0.1, 0.15) is 16.9 Å². The van der Waals surface area contributed by atoms with Gasteiger partial charge in [0.15, 0.2) is 5.82 Å². The first kappa shape index (κ1) is 14.9. The Bertz CT molecular complexity index is 804. The van der Waals surface area contributed by atoms with E-state index in [1.807, 2.05) is 18.5 Å². The molecule has 3 heterocycles. The topological polar surface area (TPSA) is 68.5 Å². The van der Waals surface area contributed by atoms with Crippen LogP contribution in [-0.2, 0) is 19.5 Å². The molecule has 0 fully saturated rings. The smallest absolute Gasteiger partial charge is 0.156 e. The summed E-state index contributed by atoms with van der Waals surface area (Å²) >= 11 is 1.66. The lowest BCUT2D eigenvalue weighted by atomic mass is 10.3. The first-order valence-electron chi connectivity index (χ1n) is 7.51. The summed E-state index contributed by atoms with van der Waals surface area (Å²) in [6, 6.07) is 0. The van der Waals surface area contributed by atoms with Gasteiger partial charge in [0, 0.05) is 18.3 Å². The van der Waals surface area contributed by atoms with Crippen molar-refractivity contribution >= 4 is 28.2 Å². The second-order valence-corrected chi connectivity index (χ2v) is 6.21. The molecule has 7 heteroatoms. The van der Waals surface area contributed by atoms with E-state index in [1.54, 1.807) is 11.3 Å². The molecule has 0 atom stereocenters. The minimum absolute atomic E-state index is 0.660. The molecule has 22 heavy (non-hydrogen) atoms. The van der Waals surface area contributed by atoms with Crippen molar-refractivity contribution in [2.45, 2.75) is 47.2 Å². The average Bonchev–Trinajstić information content (AvgIpc) is 3.08. The van der Waals surface area contributed by atoms with E-state index in [0.717, 1.165) is 52.0 Å². The molecule has 0 aliphatic rings. The van der Waals surface area contributed by atoms with Gasteiger partial charge in [-0.15, -0.1) is 11.3 Å². The van der Waals surface area contributed by atoms with Crippen LogP contribution in [0, 0.1) is 13.8 Å². The van der Waals surface area contributed by atoms with Gasteiger partial charge in [0.05, 0.1) is 22.9 Å². The standard InChI is InChI=1S/C15H20N6S/c1-5-12-18-13-9(3)20-21(6-2)14(13)15(19-12)16-7-11-8-22-10(4)17-11/h8H,5-7H2,1-4H3,(H,16,18,19). The Labute approximate surface area is 133 Å². The van der Waals surface area contributed by atoms with E-state index in [-0.39, 0.29) is 0 Å². The Morgan fingerprint density at radius 3 is 2.64 bits per heavy atom. The molecule has 3 aromatic heterocycles. The van der Waals surface area contributed by atoms with E-state index in [0.29, 0.717) is 6.54 Å². The lowest BCUT2D eigenvalue weighted by molar-refractivity contribution is 0.675. The molecule has 0 saturated carbocycles. The highest BCUT2D eigenvalue weighted by molar-refractivity contribution is 7.09.